The fourth-order valence-corrected chi connectivity index (χ4v) is 3.95. The number of Topliss-reactive ketones (excluding diaryl/α,β-unsaturated/α-hetero) is 1. The molecule has 0 spiro atoms. The van der Waals surface area contributed by atoms with Gasteiger partial charge in [0.1, 0.15) is 11.5 Å². The number of aryl methyl sites for hydroxylation is 1. The Balaban J connectivity index is 2.17. The van der Waals surface area contributed by atoms with E-state index in [1.54, 1.807) is 19.2 Å². The minimum atomic E-state index is -0.735. The van der Waals surface area contributed by atoms with Crippen LogP contribution in [0.25, 0.3) is 5.76 Å². The average Bonchev–Trinajstić information content (AvgIpc) is 3.03. The number of aliphatic hydroxyl groups is 1. The van der Waals surface area contributed by atoms with Crippen molar-refractivity contribution >= 4 is 29.1 Å². The second-order valence-electron chi connectivity index (χ2n) is 7.28. The van der Waals surface area contributed by atoms with Crippen LogP contribution in [0.2, 0.25) is 5.02 Å². The van der Waals surface area contributed by atoms with Crippen LogP contribution < -0.4 is 4.74 Å². The van der Waals surface area contributed by atoms with Crippen molar-refractivity contribution in [1.82, 2.24) is 4.90 Å². The van der Waals surface area contributed by atoms with Gasteiger partial charge < -0.3 is 19.5 Å². The number of likely N-dealkylation sites (tertiary alicyclic amines) is 1. The SMILES string of the molecule is CCc1ccc(C2/C(=C(\O)c3cc(Cl)ccc3OC)C(=O)C(=O)N2CCCOC)cc1. The van der Waals surface area contributed by atoms with Crippen molar-refractivity contribution in [2.45, 2.75) is 25.8 Å². The number of nitrogens with zero attached hydrogens (tertiary/aromatic N) is 1. The zero-order valence-corrected chi connectivity index (χ0v) is 18.6. The number of amides is 1. The van der Waals surface area contributed by atoms with Crippen molar-refractivity contribution in [2.75, 3.05) is 27.4 Å². The van der Waals surface area contributed by atoms with Crippen LogP contribution in [0.4, 0.5) is 0 Å². The van der Waals surface area contributed by atoms with Crippen molar-refractivity contribution in [3.8, 4) is 5.75 Å². The third kappa shape index (κ3) is 4.60. The van der Waals surface area contributed by atoms with Gasteiger partial charge in [-0.2, -0.15) is 0 Å². The fourth-order valence-electron chi connectivity index (χ4n) is 3.78. The molecule has 1 amide bonds. The molecule has 3 rings (SSSR count). The number of rotatable bonds is 8. The van der Waals surface area contributed by atoms with Crippen molar-refractivity contribution < 1.29 is 24.2 Å². The van der Waals surface area contributed by atoms with E-state index in [0.717, 1.165) is 17.5 Å². The molecule has 1 atom stereocenters. The number of carbonyl (C=O) groups excluding carboxylic acids is 2. The highest BCUT2D eigenvalue weighted by Crippen LogP contribution is 2.41. The smallest absolute Gasteiger partial charge is 0.295 e. The average molecular weight is 444 g/mol. The van der Waals surface area contributed by atoms with Gasteiger partial charge in [-0.15, -0.1) is 0 Å². The van der Waals surface area contributed by atoms with E-state index in [1.165, 1.54) is 18.1 Å². The third-order valence-corrected chi connectivity index (χ3v) is 5.64. The van der Waals surface area contributed by atoms with E-state index in [9.17, 15) is 14.7 Å². The molecule has 0 aliphatic carbocycles. The standard InChI is InChI=1S/C24H26ClNO5/c1-4-15-6-8-16(9-7-15)21-20(23(28)24(29)26(21)12-5-13-30-2)22(27)18-14-17(25)10-11-19(18)31-3/h6-11,14,21,27H,4-5,12-13H2,1-3H3/b22-20+. The lowest BCUT2D eigenvalue weighted by Crippen LogP contribution is -2.31. The molecule has 1 aliphatic rings. The number of ether oxygens (including phenoxy) is 2. The Labute approximate surface area is 187 Å². The lowest BCUT2D eigenvalue weighted by Gasteiger charge is -2.25. The zero-order valence-electron chi connectivity index (χ0n) is 17.9. The summed E-state index contributed by atoms with van der Waals surface area (Å²) in [4.78, 5) is 27.4. The number of halogens is 1. The van der Waals surface area contributed by atoms with Crippen molar-refractivity contribution in [3.05, 3.63) is 69.8 Å². The van der Waals surface area contributed by atoms with Crippen LogP contribution in [0.3, 0.4) is 0 Å². The van der Waals surface area contributed by atoms with Crippen LogP contribution in [0.1, 0.15) is 36.1 Å². The summed E-state index contributed by atoms with van der Waals surface area (Å²) in [5.41, 5.74) is 2.17. The summed E-state index contributed by atoms with van der Waals surface area (Å²) in [6.45, 7) is 2.83. The summed E-state index contributed by atoms with van der Waals surface area (Å²) in [5.74, 6) is -1.34. The van der Waals surface area contributed by atoms with E-state index in [0.29, 0.717) is 30.3 Å². The topological polar surface area (TPSA) is 76.1 Å². The molecule has 164 valence electrons. The van der Waals surface area contributed by atoms with Crippen molar-refractivity contribution in [1.29, 1.82) is 0 Å². The molecule has 31 heavy (non-hydrogen) atoms. The van der Waals surface area contributed by atoms with Gasteiger partial charge in [0.15, 0.2) is 0 Å². The molecule has 1 heterocycles. The first-order valence-corrected chi connectivity index (χ1v) is 10.5. The summed E-state index contributed by atoms with van der Waals surface area (Å²) in [7, 11) is 3.05. The summed E-state index contributed by atoms with van der Waals surface area (Å²) >= 11 is 6.12. The molecule has 7 heteroatoms. The Hall–Kier alpha value is -2.83. The first-order chi connectivity index (χ1) is 14.9. The van der Waals surface area contributed by atoms with Crippen LogP contribution >= 0.6 is 11.6 Å². The largest absolute Gasteiger partial charge is 0.507 e. The van der Waals surface area contributed by atoms with Gasteiger partial charge >= 0.3 is 0 Å². The van der Waals surface area contributed by atoms with E-state index < -0.39 is 17.7 Å². The minimum absolute atomic E-state index is 0.0206. The highest BCUT2D eigenvalue weighted by atomic mass is 35.5. The van der Waals surface area contributed by atoms with E-state index in [1.807, 2.05) is 24.3 Å². The lowest BCUT2D eigenvalue weighted by molar-refractivity contribution is -0.140. The van der Waals surface area contributed by atoms with Gasteiger partial charge in [0.2, 0.25) is 0 Å². The Kier molecular flexibility index (Phi) is 7.36. The van der Waals surface area contributed by atoms with Crippen LogP contribution in [0.15, 0.2) is 48.0 Å². The highest BCUT2D eigenvalue weighted by Gasteiger charge is 2.46. The molecule has 1 saturated heterocycles. The maximum atomic E-state index is 13.0. The summed E-state index contributed by atoms with van der Waals surface area (Å²) < 4.78 is 10.4. The molecule has 1 fully saturated rings. The molecular formula is C24H26ClNO5. The molecule has 2 aromatic carbocycles. The molecule has 0 bridgehead atoms. The first-order valence-electron chi connectivity index (χ1n) is 10.1. The molecule has 1 unspecified atom stereocenters. The van der Waals surface area contributed by atoms with E-state index in [2.05, 4.69) is 6.92 Å². The number of aliphatic hydroxyl groups excluding tert-OH is 1. The zero-order chi connectivity index (χ0) is 22.5. The van der Waals surface area contributed by atoms with Gasteiger partial charge in [0.25, 0.3) is 11.7 Å². The van der Waals surface area contributed by atoms with Gasteiger partial charge in [-0.25, -0.2) is 0 Å². The predicted octanol–water partition coefficient (Wildman–Crippen LogP) is 4.37. The molecule has 0 saturated carbocycles. The highest BCUT2D eigenvalue weighted by molar-refractivity contribution is 6.46. The van der Waals surface area contributed by atoms with Gasteiger partial charge in [-0.1, -0.05) is 42.8 Å². The Bertz CT molecular complexity index is 1000. The van der Waals surface area contributed by atoms with Crippen LogP contribution in [-0.2, 0) is 20.7 Å². The second kappa shape index (κ2) is 9.98. The molecule has 1 aliphatic heterocycles. The Morgan fingerprint density at radius 3 is 2.45 bits per heavy atom. The van der Waals surface area contributed by atoms with Crippen molar-refractivity contribution in [2.24, 2.45) is 0 Å². The molecular weight excluding hydrogens is 418 g/mol. The minimum Gasteiger partial charge on any atom is -0.507 e. The van der Waals surface area contributed by atoms with Gasteiger partial charge in [-0.05, 0) is 42.2 Å². The molecule has 2 aromatic rings. The van der Waals surface area contributed by atoms with E-state index in [-0.39, 0.29) is 16.9 Å². The molecule has 1 N–H and O–H groups in total. The predicted molar refractivity (Wildman–Crippen MR) is 119 cm³/mol. The first kappa shape index (κ1) is 22.8. The third-order valence-electron chi connectivity index (χ3n) is 5.41. The Morgan fingerprint density at radius 2 is 1.84 bits per heavy atom. The summed E-state index contributed by atoms with van der Waals surface area (Å²) in [6, 6.07) is 11.7. The number of benzene rings is 2. The fraction of sp³-hybridized carbons (Fsp3) is 0.333. The lowest BCUT2D eigenvalue weighted by atomic mass is 9.94. The second-order valence-corrected chi connectivity index (χ2v) is 7.72. The van der Waals surface area contributed by atoms with Gasteiger partial charge in [0.05, 0.1) is 24.3 Å². The summed E-state index contributed by atoms with van der Waals surface area (Å²) in [6.07, 6.45) is 1.43. The van der Waals surface area contributed by atoms with Crippen molar-refractivity contribution in [3.63, 3.8) is 0 Å². The molecule has 0 aromatic heterocycles. The number of ketones is 1. The number of hydrogen-bond acceptors (Lipinski definition) is 5. The molecule has 0 radical (unpaired) electrons. The maximum Gasteiger partial charge on any atom is 0.295 e. The number of carbonyl (C=O) groups is 2. The van der Waals surface area contributed by atoms with Gasteiger partial charge in [-0.3, -0.25) is 9.59 Å². The van der Waals surface area contributed by atoms with Crippen LogP contribution in [0.5, 0.6) is 5.75 Å². The normalized spacial score (nSPS) is 17.9. The van der Waals surface area contributed by atoms with Crippen LogP contribution in [-0.4, -0.2) is 49.1 Å². The van der Waals surface area contributed by atoms with Crippen LogP contribution in [0, 0.1) is 0 Å². The van der Waals surface area contributed by atoms with Gasteiger partial charge in [0, 0.05) is 25.3 Å². The quantitative estimate of drug-likeness (QED) is 0.284. The van der Waals surface area contributed by atoms with E-state index >= 15 is 0 Å². The maximum absolute atomic E-state index is 13.0. The summed E-state index contributed by atoms with van der Waals surface area (Å²) in [5, 5.41) is 11.6. The number of methoxy groups -OCH3 is 2. The monoisotopic (exact) mass is 443 g/mol. The number of hydrogen-bond donors (Lipinski definition) is 1. The molecule has 6 nitrogen and oxygen atoms in total. The van der Waals surface area contributed by atoms with E-state index in [4.69, 9.17) is 21.1 Å². The Morgan fingerprint density at radius 1 is 1.13 bits per heavy atom.